The minimum Gasteiger partial charge on any atom is -0.383 e. The number of anilines is 1. The highest BCUT2D eigenvalue weighted by Gasteiger charge is 2.07. The van der Waals surface area contributed by atoms with Gasteiger partial charge in [0.25, 0.3) is 5.56 Å². The van der Waals surface area contributed by atoms with Crippen LogP contribution in [-0.4, -0.2) is 22.9 Å². The van der Waals surface area contributed by atoms with Gasteiger partial charge in [-0.2, -0.15) is 5.10 Å². The summed E-state index contributed by atoms with van der Waals surface area (Å²) in [5.74, 6) is 0. The van der Waals surface area contributed by atoms with Gasteiger partial charge in [-0.25, -0.2) is 4.68 Å². The summed E-state index contributed by atoms with van der Waals surface area (Å²) < 4.78 is 7.60. The van der Waals surface area contributed by atoms with E-state index in [0.717, 1.165) is 13.0 Å². The van der Waals surface area contributed by atoms with E-state index < -0.39 is 0 Å². The first-order chi connectivity index (χ1) is 10.6. The molecular formula is C16H20BrN3O2. The van der Waals surface area contributed by atoms with Crippen molar-refractivity contribution in [2.24, 2.45) is 7.05 Å². The Balaban J connectivity index is 1.74. The number of aryl methyl sites for hydroxylation is 1. The van der Waals surface area contributed by atoms with Crippen molar-refractivity contribution in [2.75, 3.05) is 18.5 Å². The van der Waals surface area contributed by atoms with Gasteiger partial charge in [-0.15, -0.1) is 0 Å². The first-order valence-corrected chi connectivity index (χ1v) is 8.01. The summed E-state index contributed by atoms with van der Waals surface area (Å²) >= 11 is 3.29. The van der Waals surface area contributed by atoms with E-state index >= 15 is 0 Å². The molecule has 0 saturated carbocycles. The average Bonchev–Trinajstić information content (AvgIpc) is 2.55. The third-order valence-electron chi connectivity index (χ3n) is 3.35. The molecule has 1 aromatic carbocycles. The Morgan fingerprint density at radius 1 is 1.36 bits per heavy atom. The Kier molecular flexibility index (Phi) is 6.15. The number of benzene rings is 1. The fourth-order valence-corrected chi connectivity index (χ4v) is 2.51. The van der Waals surface area contributed by atoms with Gasteiger partial charge in [0.1, 0.15) is 4.47 Å². The van der Waals surface area contributed by atoms with Crippen LogP contribution in [0.4, 0.5) is 5.69 Å². The number of nitrogens with one attached hydrogen (secondary N) is 1. The van der Waals surface area contributed by atoms with Crippen molar-refractivity contribution in [1.82, 2.24) is 9.78 Å². The van der Waals surface area contributed by atoms with E-state index in [4.69, 9.17) is 4.74 Å². The van der Waals surface area contributed by atoms with Crippen LogP contribution in [-0.2, 0) is 11.8 Å². The highest BCUT2D eigenvalue weighted by molar-refractivity contribution is 9.10. The third kappa shape index (κ3) is 4.42. The Hall–Kier alpha value is -1.66. The van der Waals surface area contributed by atoms with Crippen LogP contribution in [0.1, 0.15) is 25.0 Å². The second kappa shape index (κ2) is 8.10. The van der Waals surface area contributed by atoms with Crippen LogP contribution >= 0.6 is 15.9 Å². The van der Waals surface area contributed by atoms with Crippen molar-refractivity contribution >= 4 is 21.6 Å². The first-order valence-electron chi connectivity index (χ1n) is 7.22. The molecule has 1 atom stereocenters. The second-order valence-corrected chi connectivity index (χ2v) is 5.80. The van der Waals surface area contributed by atoms with Crippen LogP contribution in [0, 0.1) is 0 Å². The summed E-state index contributed by atoms with van der Waals surface area (Å²) in [4.78, 5) is 11.7. The molecule has 0 radical (unpaired) electrons. The van der Waals surface area contributed by atoms with Crippen LogP contribution in [0.3, 0.4) is 0 Å². The molecule has 0 aliphatic carbocycles. The maximum atomic E-state index is 11.7. The van der Waals surface area contributed by atoms with Crippen LogP contribution < -0.4 is 10.9 Å². The fourth-order valence-electron chi connectivity index (χ4n) is 2.01. The van der Waals surface area contributed by atoms with E-state index in [9.17, 15) is 4.79 Å². The summed E-state index contributed by atoms with van der Waals surface area (Å²) in [7, 11) is 1.62. The molecule has 1 unspecified atom stereocenters. The maximum absolute atomic E-state index is 11.7. The molecule has 1 heterocycles. The molecule has 22 heavy (non-hydrogen) atoms. The van der Waals surface area contributed by atoms with Crippen molar-refractivity contribution in [1.29, 1.82) is 0 Å². The Bertz CT molecular complexity index is 658. The average molecular weight is 366 g/mol. The molecule has 1 aromatic heterocycles. The second-order valence-electron chi connectivity index (χ2n) is 5.01. The summed E-state index contributed by atoms with van der Waals surface area (Å²) in [6, 6.07) is 10.1. The summed E-state index contributed by atoms with van der Waals surface area (Å²) in [5, 5.41) is 7.18. The fraction of sp³-hybridized carbons (Fsp3) is 0.375. The summed E-state index contributed by atoms with van der Waals surface area (Å²) in [6.07, 6.45) is 2.57. The van der Waals surface area contributed by atoms with Gasteiger partial charge in [-0.05, 0) is 34.8 Å². The number of nitrogens with zero attached hydrogens (tertiary/aromatic N) is 2. The molecular weight excluding hydrogens is 346 g/mol. The zero-order valence-electron chi connectivity index (χ0n) is 12.8. The minimum atomic E-state index is -0.154. The molecule has 2 rings (SSSR count). The van der Waals surface area contributed by atoms with E-state index in [2.05, 4.69) is 38.5 Å². The van der Waals surface area contributed by atoms with Crippen molar-refractivity contribution in [2.45, 2.75) is 19.4 Å². The minimum absolute atomic E-state index is 0.0821. The largest absolute Gasteiger partial charge is 0.383 e. The number of aromatic nitrogens is 2. The molecule has 0 fully saturated rings. The van der Waals surface area contributed by atoms with Gasteiger partial charge in [-0.3, -0.25) is 4.79 Å². The van der Waals surface area contributed by atoms with E-state index in [1.54, 1.807) is 13.2 Å². The molecule has 0 saturated heterocycles. The zero-order chi connectivity index (χ0) is 15.9. The molecule has 118 valence electrons. The molecule has 1 N–H and O–H groups in total. The highest BCUT2D eigenvalue weighted by Crippen LogP contribution is 2.17. The van der Waals surface area contributed by atoms with Gasteiger partial charge in [0.05, 0.1) is 18.0 Å². The Morgan fingerprint density at radius 2 is 2.09 bits per heavy atom. The predicted molar refractivity (Wildman–Crippen MR) is 91.1 cm³/mol. The summed E-state index contributed by atoms with van der Waals surface area (Å²) in [6.45, 7) is 3.41. The normalized spacial score (nSPS) is 12.1. The van der Waals surface area contributed by atoms with Gasteiger partial charge in [0.15, 0.2) is 0 Å². The van der Waals surface area contributed by atoms with Crippen molar-refractivity contribution in [3.05, 3.63) is 56.9 Å². The smallest absolute Gasteiger partial charge is 0.282 e. The molecule has 0 amide bonds. The molecule has 5 nitrogen and oxygen atoms in total. The molecule has 0 spiro atoms. The quantitative estimate of drug-likeness (QED) is 0.765. The van der Waals surface area contributed by atoms with Crippen molar-refractivity contribution < 1.29 is 4.74 Å². The van der Waals surface area contributed by atoms with Gasteiger partial charge in [0.2, 0.25) is 0 Å². The lowest BCUT2D eigenvalue weighted by atomic mass is 10.1. The predicted octanol–water partition coefficient (Wildman–Crippen LogP) is 3.12. The number of rotatable bonds is 7. The Morgan fingerprint density at radius 3 is 2.82 bits per heavy atom. The Labute approximate surface area is 138 Å². The molecule has 0 aliphatic heterocycles. The number of halogens is 1. The van der Waals surface area contributed by atoms with Crippen LogP contribution in [0.5, 0.6) is 0 Å². The zero-order valence-corrected chi connectivity index (χ0v) is 14.3. The van der Waals surface area contributed by atoms with E-state index in [-0.39, 0.29) is 11.7 Å². The van der Waals surface area contributed by atoms with E-state index in [0.29, 0.717) is 16.8 Å². The molecule has 0 aliphatic rings. The SMILES string of the molecule is CC(OCCCNc1cnn(C)c(=O)c1Br)c1ccccc1. The van der Waals surface area contributed by atoms with Gasteiger partial charge < -0.3 is 10.1 Å². The lowest BCUT2D eigenvalue weighted by molar-refractivity contribution is 0.0656. The number of hydrogen-bond donors (Lipinski definition) is 1. The maximum Gasteiger partial charge on any atom is 0.282 e. The third-order valence-corrected chi connectivity index (χ3v) is 4.12. The van der Waals surface area contributed by atoms with Crippen LogP contribution in [0.2, 0.25) is 0 Å². The molecule has 6 heteroatoms. The topological polar surface area (TPSA) is 56.1 Å². The lowest BCUT2D eigenvalue weighted by Gasteiger charge is -2.14. The van der Waals surface area contributed by atoms with Crippen LogP contribution in [0.25, 0.3) is 0 Å². The van der Waals surface area contributed by atoms with E-state index in [1.165, 1.54) is 10.2 Å². The van der Waals surface area contributed by atoms with Gasteiger partial charge >= 0.3 is 0 Å². The van der Waals surface area contributed by atoms with E-state index in [1.807, 2.05) is 25.1 Å². The first kappa shape index (κ1) is 16.7. The number of ether oxygens (including phenoxy) is 1. The van der Waals surface area contributed by atoms with Gasteiger partial charge in [0, 0.05) is 20.2 Å². The van der Waals surface area contributed by atoms with Gasteiger partial charge in [-0.1, -0.05) is 30.3 Å². The monoisotopic (exact) mass is 365 g/mol. The van der Waals surface area contributed by atoms with Crippen LogP contribution in [0.15, 0.2) is 45.8 Å². The lowest BCUT2D eigenvalue weighted by Crippen LogP contribution is -2.21. The molecule has 0 bridgehead atoms. The highest BCUT2D eigenvalue weighted by atomic mass is 79.9. The molecule has 2 aromatic rings. The van der Waals surface area contributed by atoms with Crippen molar-refractivity contribution in [3.8, 4) is 0 Å². The summed E-state index contributed by atoms with van der Waals surface area (Å²) in [5.41, 5.74) is 1.73. The number of hydrogen-bond acceptors (Lipinski definition) is 4. The standard InChI is InChI=1S/C16H20BrN3O2/c1-12(13-7-4-3-5-8-13)22-10-6-9-18-14-11-19-20(2)16(21)15(14)17/h3-5,7-8,11-12,18H,6,9-10H2,1-2H3. The van der Waals surface area contributed by atoms with Crippen molar-refractivity contribution in [3.63, 3.8) is 0 Å².